The number of ether oxygens (including phenoxy) is 1. The van der Waals surface area contributed by atoms with Gasteiger partial charge in [-0.05, 0) is 54.0 Å². The van der Waals surface area contributed by atoms with Gasteiger partial charge in [0.1, 0.15) is 18.1 Å². The van der Waals surface area contributed by atoms with Crippen molar-refractivity contribution in [2.24, 2.45) is 5.92 Å². The molecule has 0 N–H and O–H groups in total. The monoisotopic (exact) mass is 355 g/mol. The SMILES string of the molecule is CC1CCN(C(=O)c2ccc(COc3ccc(C(C)(C)C)cc3)o2)CC1. The number of nitrogens with zero attached hydrogens (tertiary/aromatic N) is 1. The van der Waals surface area contributed by atoms with Gasteiger partial charge < -0.3 is 14.1 Å². The van der Waals surface area contributed by atoms with Crippen LogP contribution in [0, 0.1) is 5.92 Å². The summed E-state index contributed by atoms with van der Waals surface area (Å²) in [6.07, 6.45) is 2.12. The molecule has 0 atom stereocenters. The van der Waals surface area contributed by atoms with Crippen molar-refractivity contribution in [3.8, 4) is 5.75 Å². The number of rotatable bonds is 4. The number of carbonyl (C=O) groups is 1. The first-order valence-corrected chi connectivity index (χ1v) is 9.44. The number of amides is 1. The molecule has 0 bridgehead atoms. The van der Waals surface area contributed by atoms with E-state index in [-0.39, 0.29) is 11.3 Å². The fourth-order valence-electron chi connectivity index (χ4n) is 3.14. The Bertz CT molecular complexity index is 731. The summed E-state index contributed by atoms with van der Waals surface area (Å²) in [6, 6.07) is 11.7. The van der Waals surface area contributed by atoms with Crippen LogP contribution in [-0.4, -0.2) is 23.9 Å². The Labute approximate surface area is 156 Å². The fraction of sp³-hybridized carbons (Fsp3) is 0.500. The maximum absolute atomic E-state index is 12.5. The largest absolute Gasteiger partial charge is 0.486 e. The van der Waals surface area contributed by atoms with E-state index in [0.717, 1.165) is 31.7 Å². The van der Waals surface area contributed by atoms with E-state index in [4.69, 9.17) is 9.15 Å². The summed E-state index contributed by atoms with van der Waals surface area (Å²) in [7, 11) is 0. The molecule has 0 radical (unpaired) electrons. The molecule has 0 aliphatic carbocycles. The summed E-state index contributed by atoms with van der Waals surface area (Å²) >= 11 is 0. The van der Waals surface area contributed by atoms with E-state index in [1.807, 2.05) is 23.1 Å². The Morgan fingerprint density at radius 3 is 2.38 bits per heavy atom. The topological polar surface area (TPSA) is 42.7 Å². The summed E-state index contributed by atoms with van der Waals surface area (Å²) in [5, 5.41) is 0. The van der Waals surface area contributed by atoms with Crippen molar-refractivity contribution in [3.05, 3.63) is 53.5 Å². The average molecular weight is 355 g/mol. The smallest absolute Gasteiger partial charge is 0.289 e. The average Bonchev–Trinajstić information content (AvgIpc) is 3.08. The molecule has 1 aromatic heterocycles. The number of hydrogen-bond acceptors (Lipinski definition) is 3. The molecule has 1 aliphatic heterocycles. The van der Waals surface area contributed by atoms with Crippen LogP contribution in [0.5, 0.6) is 5.75 Å². The van der Waals surface area contributed by atoms with Crippen molar-refractivity contribution >= 4 is 5.91 Å². The molecular weight excluding hydrogens is 326 g/mol. The molecule has 2 heterocycles. The van der Waals surface area contributed by atoms with Gasteiger partial charge in [0.25, 0.3) is 5.91 Å². The van der Waals surface area contributed by atoms with Crippen molar-refractivity contribution in [2.75, 3.05) is 13.1 Å². The molecule has 0 unspecified atom stereocenters. The number of hydrogen-bond donors (Lipinski definition) is 0. The van der Waals surface area contributed by atoms with Gasteiger partial charge >= 0.3 is 0 Å². The minimum absolute atomic E-state index is 0.0160. The fourth-order valence-corrected chi connectivity index (χ4v) is 3.14. The molecule has 1 aliphatic rings. The minimum Gasteiger partial charge on any atom is -0.486 e. The third kappa shape index (κ3) is 4.48. The molecule has 1 aromatic carbocycles. The zero-order valence-corrected chi connectivity index (χ0v) is 16.2. The molecule has 140 valence electrons. The van der Waals surface area contributed by atoms with Crippen LogP contribution in [-0.2, 0) is 12.0 Å². The number of furan rings is 1. The molecule has 1 amide bonds. The lowest BCUT2D eigenvalue weighted by Crippen LogP contribution is -2.37. The summed E-state index contributed by atoms with van der Waals surface area (Å²) in [5.74, 6) is 2.55. The summed E-state index contributed by atoms with van der Waals surface area (Å²) in [4.78, 5) is 14.4. The minimum atomic E-state index is -0.0160. The standard InChI is InChI=1S/C22H29NO3/c1-16-11-13-23(14-12-16)21(24)20-10-9-19(26-20)15-25-18-7-5-17(6-8-18)22(2,3)4/h5-10,16H,11-15H2,1-4H3. The Morgan fingerprint density at radius 2 is 1.77 bits per heavy atom. The Balaban J connectivity index is 1.56. The van der Waals surface area contributed by atoms with Crippen molar-refractivity contribution in [2.45, 2.75) is 52.6 Å². The summed E-state index contributed by atoms with van der Waals surface area (Å²) in [6.45, 7) is 10.7. The molecule has 3 rings (SSSR count). The zero-order valence-electron chi connectivity index (χ0n) is 16.2. The third-order valence-electron chi connectivity index (χ3n) is 5.04. The second kappa shape index (κ2) is 7.56. The van der Waals surface area contributed by atoms with Gasteiger partial charge in [0.05, 0.1) is 0 Å². The van der Waals surface area contributed by atoms with Crippen LogP contribution in [0.25, 0.3) is 0 Å². The number of likely N-dealkylation sites (tertiary alicyclic amines) is 1. The van der Waals surface area contributed by atoms with Crippen LogP contribution in [0.4, 0.5) is 0 Å². The van der Waals surface area contributed by atoms with Crippen LogP contribution >= 0.6 is 0 Å². The normalized spacial score (nSPS) is 15.9. The van der Waals surface area contributed by atoms with Crippen LogP contribution < -0.4 is 4.74 Å². The summed E-state index contributed by atoms with van der Waals surface area (Å²) < 4.78 is 11.5. The first-order chi connectivity index (χ1) is 12.3. The number of benzene rings is 1. The molecule has 4 nitrogen and oxygen atoms in total. The second-order valence-electron chi connectivity index (χ2n) is 8.30. The van der Waals surface area contributed by atoms with Crippen LogP contribution in [0.15, 0.2) is 40.8 Å². The van der Waals surface area contributed by atoms with Gasteiger partial charge in [0.15, 0.2) is 5.76 Å². The predicted molar refractivity (Wildman–Crippen MR) is 102 cm³/mol. The molecule has 0 saturated carbocycles. The molecule has 2 aromatic rings. The van der Waals surface area contributed by atoms with E-state index in [2.05, 4.69) is 39.8 Å². The van der Waals surface area contributed by atoms with Crippen molar-refractivity contribution in [1.29, 1.82) is 0 Å². The second-order valence-corrected chi connectivity index (χ2v) is 8.30. The van der Waals surface area contributed by atoms with E-state index in [1.165, 1.54) is 5.56 Å². The van der Waals surface area contributed by atoms with E-state index in [0.29, 0.717) is 24.0 Å². The van der Waals surface area contributed by atoms with Gasteiger partial charge in [-0.2, -0.15) is 0 Å². The molecule has 1 fully saturated rings. The Kier molecular flexibility index (Phi) is 5.40. The Morgan fingerprint density at radius 1 is 1.12 bits per heavy atom. The van der Waals surface area contributed by atoms with Gasteiger partial charge in [-0.1, -0.05) is 39.8 Å². The first-order valence-electron chi connectivity index (χ1n) is 9.44. The molecule has 0 spiro atoms. The van der Waals surface area contributed by atoms with E-state index >= 15 is 0 Å². The highest BCUT2D eigenvalue weighted by Gasteiger charge is 2.23. The Hall–Kier alpha value is -2.23. The first kappa shape index (κ1) is 18.6. The molecule has 26 heavy (non-hydrogen) atoms. The molecule has 4 heteroatoms. The van der Waals surface area contributed by atoms with Gasteiger partial charge in [0, 0.05) is 13.1 Å². The quantitative estimate of drug-likeness (QED) is 0.772. The highest BCUT2D eigenvalue weighted by atomic mass is 16.5. The van der Waals surface area contributed by atoms with Gasteiger partial charge in [0.2, 0.25) is 0 Å². The lowest BCUT2D eigenvalue weighted by atomic mass is 9.87. The van der Waals surface area contributed by atoms with Crippen LogP contribution in [0.3, 0.4) is 0 Å². The highest BCUT2D eigenvalue weighted by Crippen LogP contribution is 2.25. The van der Waals surface area contributed by atoms with Crippen molar-refractivity contribution in [3.63, 3.8) is 0 Å². The summed E-state index contributed by atoms with van der Waals surface area (Å²) in [5.41, 5.74) is 1.40. The van der Waals surface area contributed by atoms with E-state index in [1.54, 1.807) is 6.07 Å². The van der Waals surface area contributed by atoms with Gasteiger partial charge in [-0.25, -0.2) is 0 Å². The molecular formula is C22H29NO3. The third-order valence-corrected chi connectivity index (χ3v) is 5.04. The number of carbonyl (C=O) groups excluding carboxylic acids is 1. The highest BCUT2D eigenvalue weighted by molar-refractivity contribution is 5.91. The lowest BCUT2D eigenvalue weighted by molar-refractivity contribution is 0.0661. The van der Waals surface area contributed by atoms with E-state index in [9.17, 15) is 4.79 Å². The predicted octanol–water partition coefficient (Wildman–Crippen LogP) is 5.03. The van der Waals surface area contributed by atoms with Gasteiger partial charge in [-0.3, -0.25) is 4.79 Å². The molecule has 1 saturated heterocycles. The lowest BCUT2D eigenvalue weighted by Gasteiger charge is -2.29. The zero-order chi connectivity index (χ0) is 18.7. The maximum atomic E-state index is 12.5. The maximum Gasteiger partial charge on any atom is 0.289 e. The number of piperidine rings is 1. The van der Waals surface area contributed by atoms with Crippen LogP contribution in [0.2, 0.25) is 0 Å². The van der Waals surface area contributed by atoms with Crippen LogP contribution in [0.1, 0.15) is 62.4 Å². The van der Waals surface area contributed by atoms with Gasteiger partial charge in [-0.15, -0.1) is 0 Å². The van der Waals surface area contributed by atoms with Crippen molar-refractivity contribution in [1.82, 2.24) is 4.90 Å². The van der Waals surface area contributed by atoms with E-state index < -0.39 is 0 Å². The van der Waals surface area contributed by atoms with Crippen molar-refractivity contribution < 1.29 is 13.9 Å².